The number of anilines is 1. The van der Waals surface area contributed by atoms with Crippen LogP contribution in [0.2, 0.25) is 0 Å². The number of carbonyl (C=O) groups excluding carboxylic acids is 1. The second-order valence-electron chi connectivity index (χ2n) is 6.28. The lowest BCUT2D eigenvalue weighted by Crippen LogP contribution is -2.48. The van der Waals surface area contributed by atoms with Crippen LogP contribution in [0.3, 0.4) is 0 Å². The summed E-state index contributed by atoms with van der Waals surface area (Å²) in [6.45, 7) is 4.86. The van der Waals surface area contributed by atoms with E-state index in [1.807, 2.05) is 26.0 Å². The molecule has 7 heteroatoms. The van der Waals surface area contributed by atoms with Gasteiger partial charge in [0.05, 0.1) is 6.54 Å². The first-order valence-electron chi connectivity index (χ1n) is 7.87. The Morgan fingerprint density at radius 3 is 2.61 bits per heavy atom. The van der Waals surface area contributed by atoms with Crippen molar-refractivity contribution < 1.29 is 13.2 Å². The van der Waals surface area contributed by atoms with Gasteiger partial charge in [-0.2, -0.15) is 17.0 Å². The quantitative estimate of drug-likeness (QED) is 0.890. The van der Waals surface area contributed by atoms with Crippen LogP contribution >= 0.6 is 0 Å². The lowest BCUT2D eigenvalue weighted by molar-refractivity contribution is -0.116. The average molecular weight is 339 g/mol. The van der Waals surface area contributed by atoms with Gasteiger partial charge in [-0.1, -0.05) is 24.6 Å². The van der Waals surface area contributed by atoms with E-state index in [1.165, 1.54) is 11.4 Å². The molecule has 1 unspecified atom stereocenters. The number of rotatable bonds is 5. The second-order valence-corrected chi connectivity index (χ2v) is 8.32. The Kier molecular flexibility index (Phi) is 5.78. The highest BCUT2D eigenvalue weighted by Gasteiger charge is 2.31. The molecule has 1 N–H and O–H groups in total. The molecule has 1 amide bonds. The van der Waals surface area contributed by atoms with Crippen molar-refractivity contribution in [2.75, 3.05) is 32.0 Å². The summed E-state index contributed by atoms with van der Waals surface area (Å²) in [5, 5.41) is 2.72. The molecule has 2 rings (SSSR count). The molecule has 1 saturated heterocycles. The van der Waals surface area contributed by atoms with Crippen molar-refractivity contribution in [3.8, 4) is 0 Å². The number of hydrogen-bond acceptors (Lipinski definition) is 3. The maximum absolute atomic E-state index is 12.5. The zero-order valence-corrected chi connectivity index (χ0v) is 14.8. The Morgan fingerprint density at radius 2 is 2.00 bits per heavy atom. The Labute approximate surface area is 138 Å². The van der Waals surface area contributed by atoms with Gasteiger partial charge in [0.25, 0.3) is 10.2 Å². The van der Waals surface area contributed by atoms with Crippen LogP contribution in [0.4, 0.5) is 5.69 Å². The Bertz CT molecular complexity index is 643. The van der Waals surface area contributed by atoms with Crippen molar-refractivity contribution >= 4 is 21.8 Å². The van der Waals surface area contributed by atoms with Crippen LogP contribution < -0.4 is 5.32 Å². The molecule has 1 heterocycles. The number of aryl methyl sites for hydroxylation is 1. The number of carbonyl (C=O) groups is 1. The van der Waals surface area contributed by atoms with Gasteiger partial charge in [-0.3, -0.25) is 4.79 Å². The Hall–Kier alpha value is -1.44. The summed E-state index contributed by atoms with van der Waals surface area (Å²) < 4.78 is 27.7. The maximum atomic E-state index is 12.5. The van der Waals surface area contributed by atoms with Crippen LogP contribution in [0, 0.1) is 12.8 Å². The molecule has 1 fully saturated rings. The third-order valence-electron chi connectivity index (χ3n) is 4.04. The van der Waals surface area contributed by atoms with E-state index in [9.17, 15) is 13.2 Å². The van der Waals surface area contributed by atoms with Crippen molar-refractivity contribution in [3.05, 3.63) is 29.8 Å². The van der Waals surface area contributed by atoms with Crippen molar-refractivity contribution in [3.63, 3.8) is 0 Å². The van der Waals surface area contributed by atoms with E-state index in [1.54, 1.807) is 12.1 Å². The first-order valence-corrected chi connectivity index (χ1v) is 9.26. The Balaban J connectivity index is 1.95. The van der Waals surface area contributed by atoms with Crippen LogP contribution in [0.25, 0.3) is 0 Å². The molecule has 0 aliphatic carbocycles. The largest absolute Gasteiger partial charge is 0.325 e. The molecule has 0 spiro atoms. The summed E-state index contributed by atoms with van der Waals surface area (Å²) in [5.41, 5.74) is 1.76. The normalized spacial score (nSPS) is 19.7. The highest BCUT2D eigenvalue weighted by molar-refractivity contribution is 7.86. The Morgan fingerprint density at radius 1 is 1.35 bits per heavy atom. The lowest BCUT2D eigenvalue weighted by atomic mass is 10.0. The number of nitrogens with zero attached hydrogens (tertiary/aromatic N) is 2. The minimum atomic E-state index is -3.58. The van der Waals surface area contributed by atoms with Crippen LogP contribution in [-0.4, -0.2) is 49.6 Å². The van der Waals surface area contributed by atoms with E-state index >= 15 is 0 Å². The smallest absolute Gasteiger partial charge is 0.282 e. The van der Waals surface area contributed by atoms with Crippen LogP contribution in [0.5, 0.6) is 0 Å². The molecule has 0 saturated carbocycles. The number of likely N-dealkylation sites (N-methyl/N-ethyl adjacent to an activating group) is 1. The summed E-state index contributed by atoms with van der Waals surface area (Å²) in [5.74, 6) is 0.0123. The van der Waals surface area contributed by atoms with Gasteiger partial charge < -0.3 is 5.32 Å². The molecule has 0 aromatic heterocycles. The fourth-order valence-corrected chi connectivity index (χ4v) is 4.15. The number of piperidine rings is 1. The first-order chi connectivity index (χ1) is 10.8. The third-order valence-corrected chi connectivity index (χ3v) is 5.94. The van der Waals surface area contributed by atoms with Gasteiger partial charge >= 0.3 is 0 Å². The molecule has 1 aliphatic heterocycles. The van der Waals surface area contributed by atoms with Gasteiger partial charge in [0, 0.05) is 25.8 Å². The van der Waals surface area contributed by atoms with Gasteiger partial charge in [-0.15, -0.1) is 0 Å². The summed E-state index contributed by atoms with van der Waals surface area (Å²) in [4.78, 5) is 12.1. The van der Waals surface area contributed by atoms with E-state index < -0.39 is 10.2 Å². The lowest BCUT2D eigenvalue weighted by Gasteiger charge is -2.32. The van der Waals surface area contributed by atoms with Crippen LogP contribution in [0.15, 0.2) is 24.3 Å². The van der Waals surface area contributed by atoms with Crippen molar-refractivity contribution in [2.24, 2.45) is 5.92 Å². The summed E-state index contributed by atoms with van der Waals surface area (Å²) in [7, 11) is -2.14. The predicted molar refractivity (Wildman–Crippen MR) is 91.3 cm³/mol. The monoisotopic (exact) mass is 339 g/mol. The van der Waals surface area contributed by atoms with Crippen LogP contribution in [-0.2, 0) is 15.0 Å². The summed E-state index contributed by atoms with van der Waals surface area (Å²) in [6.07, 6.45) is 1.91. The van der Waals surface area contributed by atoms with E-state index in [4.69, 9.17) is 0 Å². The summed E-state index contributed by atoms with van der Waals surface area (Å²) in [6, 6.07) is 7.39. The van der Waals surface area contributed by atoms with Crippen molar-refractivity contribution in [1.29, 1.82) is 0 Å². The van der Waals surface area contributed by atoms with Gasteiger partial charge in [-0.25, -0.2) is 0 Å². The van der Waals surface area contributed by atoms with E-state index in [-0.39, 0.29) is 12.5 Å². The zero-order chi connectivity index (χ0) is 17.0. The molecule has 0 radical (unpaired) electrons. The molecule has 23 heavy (non-hydrogen) atoms. The minimum absolute atomic E-state index is 0.193. The van der Waals surface area contributed by atoms with Crippen LogP contribution in [0.1, 0.15) is 25.3 Å². The maximum Gasteiger partial charge on any atom is 0.282 e. The van der Waals surface area contributed by atoms with Crippen molar-refractivity contribution in [2.45, 2.75) is 26.7 Å². The fraction of sp³-hybridized carbons (Fsp3) is 0.562. The topological polar surface area (TPSA) is 69.7 Å². The standard InChI is InChI=1S/C16H25N3O3S/c1-13-6-8-15(9-7-13)17-16(20)12-18(3)23(21,22)19-10-4-5-14(2)11-19/h6-9,14H,4-5,10-12H2,1-3H3,(H,17,20). The molecule has 1 aromatic rings. The molecule has 1 atom stereocenters. The van der Waals surface area contributed by atoms with Gasteiger partial charge in [0.15, 0.2) is 0 Å². The fourth-order valence-electron chi connectivity index (χ4n) is 2.67. The van der Waals surface area contributed by atoms with Gasteiger partial charge in [0.2, 0.25) is 5.91 Å². The van der Waals surface area contributed by atoms with E-state index in [0.29, 0.717) is 24.7 Å². The number of benzene rings is 1. The predicted octanol–water partition coefficient (Wildman–Crippen LogP) is 1.84. The molecule has 0 bridgehead atoms. The van der Waals surface area contributed by atoms with E-state index in [0.717, 1.165) is 22.7 Å². The van der Waals surface area contributed by atoms with Gasteiger partial charge in [0.1, 0.15) is 0 Å². The molecule has 6 nitrogen and oxygen atoms in total. The molecule has 128 valence electrons. The number of nitrogens with one attached hydrogen (secondary N) is 1. The molecule has 1 aromatic carbocycles. The number of hydrogen-bond donors (Lipinski definition) is 1. The molecule has 1 aliphatic rings. The second kappa shape index (κ2) is 7.42. The molecular weight excluding hydrogens is 314 g/mol. The van der Waals surface area contributed by atoms with Crippen molar-refractivity contribution in [1.82, 2.24) is 8.61 Å². The summed E-state index contributed by atoms with van der Waals surface area (Å²) >= 11 is 0. The first kappa shape index (κ1) is 17.9. The minimum Gasteiger partial charge on any atom is -0.325 e. The zero-order valence-electron chi connectivity index (χ0n) is 13.9. The SMILES string of the molecule is Cc1ccc(NC(=O)CN(C)S(=O)(=O)N2CCCC(C)C2)cc1. The van der Waals surface area contributed by atoms with E-state index in [2.05, 4.69) is 5.32 Å². The third kappa shape index (κ3) is 4.76. The van der Waals surface area contributed by atoms with Gasteiger partial charge in [-0.05, 0) is 37.8 Å². The molecular formula is C16H25N3O3S. The number of amides is 1. The highest BCUT2D eigenvalue weighted by atomic mass is 32.2. The highest BCUT2D eigenvalue weighted by Crippen LogP contribution is 2.20. The average Bonchev–Trinajstić information content (AvgIpc) is 2.49.